The summed E-state index contributed by atoms with van der Waals surface area (Å²) in [5, 5.41) is 5.57. The molecule has 0 aromatic heterocycles. The molecule has 0 bridgehead atoms. The lowest BCUT2D eigenvalue weighted by molar-refractivity contribution is 0.0757. The first-order chi connectivity index (χ1) is 15.0. The average molecular weight is 427 g/mol. The molecule has 0 saturated carbocycles. The fourth-order valence-electron chi connectivity index (χ4n) is 3.64. The number of benzene rings is 2. The quantitative estimate of drug-likeness (QED) is 0.629. The van der Waals surface area contributed by atoms with E-state index >= 15 is 0 Å². The smallest absolute Gasteiger partial charge is 0.412 e. The van der Waals surface area contributed by atoms with Crippen molar-refractivity contribution in [2.24, 2.45) is 5.73 Å². The number of carbonyl (C=O) groups excluding carboxylic acids is 2. The predicted molar refractivity (Wildman–Crippen MR) is 120 cm³/mol. The van der Waals surface area contributed by atoms with Crippen molar-refractivity contribution in [1.29, 1.82) is 0 Å². The predicted octanol–water partition coefficient (Wildman–Crippen LogP) is 2.74. The van der Waals surface area contributed by atoms with Crippen LogP contribution in [0.1, 0.15) is 29.8 Å². The van der Waals surface area contributed by atoms with Gasteiger partial charge in [-0.25, -0.2) is 4.79 Å². The van der Waals surface area contributed by atoms with Crippen LogP contribution in [-0.2, 0) is 16.1 Å². The van der Waals surface area contributed by atoms with Gasteiger partial charge in [0.15, 0.2) is 0 Å². The monoisotopic (exact) mass is 426 g/mol. The van der Waals surface area contributed by atoms with E-state index in [2.05, 4.69) is 29.4 Å². The van der Waals surface area contributed by atoms with Gasteiger partial charge in [0.05, 0.1) is 24.6 Å². The summed E-state index contributed by atoms with van der Waals surface area (Å²) in [6.45, 7) is 6.18. The van der Waals surface area contributed by atoms with Gasteiger partial charge in [-0.3, -0.25) is 10.1 Å². The van der Waals surface area contributed by atoms with Gasteiger partial charge in [-0.15, -0.1) is 0 Å². The highest BCUT2D eigenvalue weighted by Gasteiger charge is 2.28. The van der Waals surface area contributed by atoms with Crippen LogP contribution in [0.15, 0.2) is 48.5 Å². The molecule has 2 atom stereocenters. The summed E-state index contributed by atoms with van der Waals surface area (Å²) in [4.78, 5) is 27.2. The Labute approximate surface area is 182 Å². The Hall–Kier alpha value is -3.10. The molecule has 2 aromatic rings. The highest BCUT2D eigenvalue weighted by atomic mass is 16.5. The lowest BCUT2D eigenvalue weighted by atomic mass is 10.1. The Balaban J connectivity index is 1.82. The van der Waals surface area contributed by atoms with Gasteiger partial charge in [0, 0.05) is 30.7 Å². The molecule has 0 spiro atoms. The Morgan fingerprint density at radius 3 is 2.52 bits per heavy atom. The molecule has 166 valence electrons. The molecular formula is C23H30N4O4. The molecule has 1 saturated heterocycles. The van der Waals surface area contributed by atoms with Gasteiger partial charge in [0.1, 0.15) is 6.61 Å². The second-order valence-electron chi connectivity index (χ2n) is 7.61. The minimum absolute atomic E-state index is 0.113. The largest absolute Gasteiger partial charge is 0.444 e. The van der Waals surface area contributed by atoms with Crippen LogP contribution in [0.3, 0.4) is 0 Å². The number of morpholine rings is 1. The Bertz CT molecular complexity index is 880. The number of nitrogens with one attached hydrogen (secondary N) is 2. The zero-order chi connectivity index (χ0) is 22.2. The number of carbonyl (C=O) groups is 2. The number of ether oxygens (including phenoxy) is 2. The highest BCUT2D eigenvalue weighted by Crippen LogP contribution is 2.32. The third-order valence-electron chi connectivity index (χ3n) is 5.08. The van der Waals surface area contributed by atoms with Crippen molar-refractivity contribution in [3.8, 4) is 0 Å². The minimum Gasteiger partial charge on any atom is -0.444 e. The number of anilines is 2. The standard InChI is InChI=1S/C23H30N4O4/c1-16-13-30-14-17(2)27(16)21-9-8-19(22(28)25-11-10-24)12-20(21)26-23(29)31-15-18-6-4-3-5-7-18/h3-9,12,16-17H,10-11,13-15,24H2,1-2H3,(H,25,28)(H,26,29). The number of amides is 2. The zero-order valence-electron chi connectivity index (χ0n) is 18.0. The summed E-state index contributed by atoms with van der Waals surface area (Å²) in [5.41, 5.74) is 8.13. The van der Waals surface area contributed by atoms with Gasteiger partial charge in [-0.2, -0.15) is 0 Å². The van der Waals surface area contributed by atoms with Crippen LogP contribution in [0.5, 0.6) is 0 Å². The summed E-state index contributed by atoms with van der Waals surface area (Å²) in [7, 11) is 0. The van der Waals surface area contributed by atoms with Gasteiger partial charge in [0.25, 0.3) is 5.91 Å². The van der Waals surface area contributed by atoms with Crippen molar-refractivity contribution in [1.82, 2.24) is 5.32 Å². The third-order valence-corrected chi connectivity index (χ3v) is 5.08. The Morgan fingerprint density at radius 2 is 1.84 bits per heavy atom. The molecule has 3 rings (SSSR count). The van der Waals surface area contributed by atoms with E-state index in [0.29, 0.717) is 37.6 Å². The SMILES string of the molecule is CC1COCC(C)N1c1ccc(C(=O)NCCN)cc1NC(=O)OCc1ccccc1. The van der Waals surface area contributed by atoms with Gasteiger partial charge in [0.2, 0.25) is 0 Å². The van der Waals surface area contributed by atoms with Crippen LogP contribution >= 0.6 is 0 Å². The lowest BCUT2D eigenvalue weighted by Gasteiger charge is -2.41. The zero-order valence-corrected chi connectivity index (χ0v) is 18.0. The summed E-state index contributed by atoms with van der Waals surface area (Å²) in [6, 6.07) is 14.9. The molecule has 8 heteroatoms. The van der Waals surface area contributed by atoms with E-state index in [1.807, 2.05) is 36.4 Å². The number of hydrogen-bond acceptors (Lipinski definition) is 6. The van der Waals surface area contributed by atoms with Crippen LogP contribution < -0.4 is 21.3 Å². The van der Waals surface area contributed by atoms with Gasteiger partial charge < -0.3 is 25.4 Å². The van der Waals surface area contributed by atoms with Gasteiger partial charge in [-0.05, 0) is 37.6 Å². The van der Waals surface area contributed by atoms with Crippen molar-refractivity contribution >= 4 is 23.4 Å². The molecule has 1 fully saturated rings. The summed E-state index contributed by atoms with van der Waals surface area (Å²) < 4.78 is 11.0. The molecular weight excluding hydrogens is 396 g/mol. The van der Waals surface area contributed by atoms with Crippen LogP contribution in [0, 0.1) is 0 Å². The van der Waals surface area contributed by atoms with E-state index in [9.17, 15) is 9.59 Å². The fourth-order valence-corrected chi connectivity index (χ4v) is 3.64. The van der Waals surface area contributed by atoms with Crippen LogP contribution in [0.25, 0.3) is 0 Å². The maximum absolute atomic E-state index is 12.5. The first-order valence-electron chi connectivity index (χ1n) is 10.5. The second-order valence-corrected chi connectivity index (χ2v) is 7.61. The van der Waals surface area contributed by atoms with E-state index in [1.54, 1.807) is 12.1 Å². The molecule has 8 nitrogen and oxygen atoms in total. The number of nitrogens with two attached hydrogens (primary N) is 1. The molecule has 0 radical (unpaired) electrons. The summed E-state index contributed by atoms with van der Waals surface area (Å²) >= 11 is 0. The molecule has 31 heavy (non-hydrogen) atoms. The average Bonchev–Trinajstić information content (AvgIpc) is 2.77. The van der Waals surface area contributed by atoms with E-state index in [-0.39, 0.29) is 24.6 Å². The van der Waals surface area contributed by atoms with E-state index < -0.39 is 6.09 Å². The molecule has 1 aliphatic rings. The second kappa shape index (κ2) is 10.8. The topological polar surface area (TPSA) is 106 Å². The molecule has 1 heterocycles. The fraction of sp³-hybridized carbons (Fsp3) is 0.391. The van der Waals surface area contributed by atoms with Crippen molar-refractivity contribution in [3.05, 3.63) is 59.7 Å². The molecule has 2 amide bonds. The number of nitrogens with zero attached hydrogens (tertiary/aromatic N) is 1. The van der Waals surface area contributed by atoms with Crippen LogP contribution in [-0.4, -0.2) is 50.4 Å². The highest BCUT2D eigenvalue weighted by molar-refractivity contribution is 5.98. The molecule has 2 aromatic carbocycles. The van der Waals surface area contributed by atoms with Crippen molar-refractivity contribution in [2.45, 2.75) is 32.5 Å². The molecule has 0 aliphatic carbocycles. The van der Waals surface area contributed by atoms with Gasteiger partial charge >= 0.3 is 6.09 Å². The minimum atomic E-state index is -0.585. The maximum Gasteiger partial charge on any atom is 0.412 e. The maximum atomic E-state index is 12.5. The first-order valence-corrected chi connectivity index (χ1v) is 10.5. The first kappa shape index (κ1) is 22.6. The Morgan fingerprint density at radius 1 is 1.13 bits per heavy atom. The van der Waals surface area contributed by atoms with Crippen LogP contribution in [0.2, 0.25) is 0 Å². The summed E-state index contributed by atoms with van der Waals surface area (Å²) in [5.74, 6) is -0.249. The Kier molecular flexibility index (Phi) is 7.86. The third kappa shape index (κ3) is 5.96. The van der Waals surface area contributed by atoms with Crippen molar-refractivity contribution in [3.63, 3.8) is 0 Å². The van der Waals surface area contributed by atoms with Crippen molar-refractivity contribution in [2.75, 3.05) is 36.5 Å². The lowest BCUT2D eigenvalue weighted by Crippen LogP contribution is -2.50. The normalized spacial score (nSPS) is 18.4. The summed E-state index contributed by atoms with van der Waals surface area (Å²) in [6.07, 6.45) is -0.585. The van der Waals surface area contributed by atoms with E-state index in [0.717, 1.165) is 11.3 Å². The van der Waals surface area contributed by atoms with E-state index in [4.69, 9.17) is 15.2 Å². The molecule has 2 unspecified atom stereocenters. The van der Waals surface area contributed by atoms with Crippen LogP contribution in [0.4, 0.5) is 16.2 Å². The molecule has 4 N–H and O–H groups in total. The van der Waals surface area contributed by atoms with E-state index in [1.165, 1.54) is 0 Å². The van der Waals surface area contributed by atoms with Gasteiger partial charge in [-0.1, -0.05) is 30.3 Å². The van der Waals surface area contributed by atoms with Crippen molar-refractivity contribution < 1.29 is 19.1 Å². The molecule has 1 aliphatic heterocycles. The number of rotatable bonds is 7. The number of hydrogen-bond donors (Lipinski definition) is 3.